The van der Waals surface area contributed by atoms with Crippen molar-refractivity contribution in [3.63, 3.8) is 0 Å². The van der Waals surface area contributed by atoms with E-state index in [1.54, 1.807) is 0 Å². The van der Waals surface area contributed by atoms with Crippen LogP contribution in [0.2, 0.25) is 0 Å². The number of fused-ring (bicyclic) bond motifs is 4. The van der Waals surface area contributed by atoms with Gasteiger partial charge in [0.15, 0.2) is 0 Å². The van der Waals surface area contributed by atoms with Gasteiger partial charge in [-0.3, -0.25) is 19.3 Å². The molecule has 2 N–H and O–H groups in total. The van der Waals surface area contributed by atoms with Crippen molar-refractivity contribution in [2.75, 3.05) is 19.6 Å². The summed E-state index contributed by atoms with van der Waals surface area (Å²) in [5.74, 6) is -0.0484. The Balaban J connectivity index is 0.00000134. The summed E-state index contributed by atoms with van der Waals surface area (Å²) < 4.78 is 43.4. The van der Waals surface area contributed by atoms with Crippen LogP contribution in [0, 0.1) is 23.7 Å². The van der Waals surface area contributed by atoms with E-state index in [0.29, 0.717) is 44.8 Å². The number of nitrogens with zero attached hydrogens (tertiary/aromatic N) is 4. The van der Waals surface area contributed by atoms with Crippen molar-refractivity contribution in [3.05, 3.63) is 11.7 Å². The molecule has 220 valence electrons. The number of carbonyl (C=O) groups is 3. The molecule has 3 aliphatic rings. The Morgan fingerprint density at radius 2 is 1.90 bits per heavy atom. The van der Waals surface area contributed by atoms with Crippen molar-refractivity contribution >= 4 is 18.3 Å². The molecule has 5 atom stereocenters. The summed E-state index contributed by atoms with van der Waals surface area (Å²) in [7, 11) is 0. The molecular formula is C26H40F3N5O5. The second-order valence-electron chi connectivity index (χ2n) is 11.5. The first kappa shape index (κ1) is 30.8. The van der Waals surface area contributed by atoms with E-state index in [9.17, 15) is 22.8 Å². The van der Waals surface area contributed by atoms with Gasteiger partial charge in [0.25, 0.3) is 12.3 Å². The normalized spacial score (nSPS) is 29.2. The largest absolute Gasteiger partial charge is 0.483 e. The smallest absolute Gasteiger partial charge is 0.455 e. The first-order valence-corrected chi connectivity index (χ1v) is 13.7. The highest BCUT2D eigenvalue weighted by Gasteiger charge is 2.43. The zero-order chi connectivity index (χ0) is 28.7. The number of carboxylic acid groups (broad SMARTS) is 1. The summed E-state index contributed by atoms with van der Waals surface area (Å²) in [6.07, 6.45) is 0.460. The average Bonchev–Trinajstić information content (AvgIpc) is 3.32. The first-order valence-electron chi connectivity index (χ1n) is 13.7. The van der Waals surface area contributed by atoms with Gasteiger partial charge in [-0.2, -0.15) is 18.2 Å². The highest BCUT2D eigenvalue weighted by Crippen LogP contribution is 2.37. The van der Waals surface area contributed by atoms with E-state index in [4.69, 9.17) is 14.4 Å². The fourth-order valence-corrected chi connectivity index (χ4v) is 6.16. The Hall–Kier alpha value is -2.70. The van der Waals surface area contributed by atoms with Gasteiger partial charge in [0.2, 0.25) is 17.7 Å². The third-order valence-corrected chi connectivity index (χ3v) is 7.99. The summed E-state index contributed by atoms with van der Waals surface area (Å²) in [5.41, 5.74) is 0. The predicted octanol–water partition coefficient (Wildman–Crippen LogP) is 3.57. The van der Waals surface area contributed by atoms with Crippen LogP contribution in [0.15, 0.2) is 4.52 Å². The number of aromatic nitrogens is 2. The molecule has 4 rings (SSSR count). The number of alkyl halides is 3. The number of hydrogen-bond donors (Lipinski definition) is 2. The maximum Gasteiger partial charge on any atom is 0.455 e. The fourth-order valence-electron chi connectivity index (χ4n) is 6.16. The predicted molar refractivity (Wildman–Crippen MR) is 134 cm³/mol. The Morgan fingerprint density at radius 3 is 2.54 bits per heavy atom. The molecule has 3 saturated heterocycles. The van der Waals surface area contributed by atoms with Crippen molar-refractivity contribution in [1.82, 2.24) is 25.3 Å². The van der Waals surface area contributed by atoms with Crippen LogP contribution in [0.3, 0.4) is 0 Å². The molecule has 1 aromatic rings. The van der Waals surface area contributed by atoms with Crippen LogP contribution < -0.4 is 5.32 Å². The van der Waals surface area contributed by atoms with E-state index in [1.807, 2.05) is 0 Å². The van der Waals surface area contributed by atoms with E-state index in [1.165, 1.54) is 0 Å². The van der Waals surface area contributed by atoms with Gasteiger partial charge in [-0.25, -0.2) is 0 Å². The minimum absolute atomic E-state index is 0.0200. The number of hydrogen-bond acceptors (Lipinski definition) is 7. The summed E-state index contributed by atoms with van der Waals surface area (Å²) in [5, 5.41) is 13.2. The monoisotopic (exact) mass is 559 g/mol. The van der Waals surface area contributed by atoms with E-state index in [2.05, 4.69) is 46.0 Å². The molecule has 0 aliphatic carbocycles. The lowest BCUT2D eigenvalue weighted by Gasteiger charge is -2.51. The molecule has 3 aliphatic heterocycles. The third-order valence-electron chi connectivity index (χ3n) is 7.99. The lowest BCUT2D eigenvalue weighted by molar-refractivity contribution is -0.146. The van der Waals surface area contributed by atoms with E-state index < -0.39 is 12.0 Å². The maximum absolute atomic E-state index is 13.4. The van der Waals surface area contributed by atoms with Crippen LogP contribution in [0.25, 0.3) is 0 Å². The number of rotatable bonds is 3. The van der Waals surface area contributed by atoms with Crippen LogP contribution in [0.1, 0.15) is 77.4 Å². The van der Waals surface area contributed by atoms with Crippen molar-refractivity contribution in [2.24, 2.45) is 23.7 Å². The molecular weight excluding hydrogens is 519 g/mol. The molecule has 0 saturated carbocycles. The standard InChI is InChI=1S/C25H38F3N5O3.CH2O2/c1-15(2)19-8-7-16(3)9-23(35)33-12-17-10-18(20(33)5-4-6-21(34)29-19)13-32(11-17)14-22-30-24(31-36-22)25(26,27)28;2-1-3/h15-20H,4-14H2,1-3H3,(H,29,34);1H,(H,2,3)/t16-,17+,18-,19+,20+;/m1./s1. The van der Waals surface area contributed by atoms with E-state index in [-0.39, 0.29) is 60.6 Å². The van der Waals surface area contributed by atoms with E-state index >= 15 is 0 Å². The van der Waals surface area contributed by atoms with Gasteiger partial charge >= 0.3 is 6.18 Å². The maximum atomic E-state index is 13.4. The van der Waals surface area contributed by atoms with Crippen molar-refractivity contribution in [2.45, 2.75) is 90.5 Å². The van der Waals surface area contributed by atoms with Crippen molar-refractivity contribution in [3.8, 4) is 0 Å². The lowest BCUT2D eigenvalue weighted by atomic mass is 9.77. The first-order chi connectivity index (χ1) is 18.4. The summed E-state index contributed by atoms with van der Waals surface area (Å²) in [6, 6.07) is 0.139. The summed E-state index contributed by atoms with van der Waals surface area (Å²) in [6.45, 7) is 8.20. The third kappa shape index (κ3) is 8.64. The van der Waals surface area contributed by atoms with Gasteiger partial charge in [0, 0.05) is 44.6 Å². The number of halogens is 3. The molecule has 3 fully saturated rings. The molecule has 0 radical (unpaired) electrons. The van der Waals surface area contributed by atoms with Gasteiger partial charge in [0.1, 0.15) is 0 Å². The van der Waals surface area contributed by atoms with Gasteiger partial charge in [-0.15, -0.1) is 0 Å². The quantitative estimate of drug-likeness (QED) is 0.538. The molecule has 0 unspecified atom stereocenters. The molecule has 2 amide bonds. The molecule has 0 aromatic carbocycles. The van der Waals surface area contributed by atoms with Crippen LogP contribution in [0.5, 0.6) is 0 Å². The van der Waals surface area contributed by atoms with Crippen LogP contribution in [-0.2, 0) is 27.1 Å². The second kappa shape index (κ2) is 13.6. The molecule has 2 bridgehead atoms. The molecule has 1 aromatic heterocycles. The minimum atomic E-state index is -4.63. The summed E-state index contributed by atoms with van der Waals surface area (Å²) >= 11 is 0. The van der Waals surface area contributed by atoms with Gasteiger partial charge < -0.3 is 19.8 Å². The van der Waals surface area contributed by atoms with Crippen LogP contribution in [-0.4, -0.2) is 75.1 Å². The van der Waals surface area contributed by atoms with Crippen molar-refractivity contribution in [1.29, 1.82) is 0 Å². The van der Waals surface area contributed by atoms with Crippen molar-refractivity contribution < 1.29 is 37.2 Å². The fraction of sp³-hybridized carbons (Fsp3) is 0.808. The number of piperidine rings is 2. The minimum Gasteiger partial charge on any atom is -0.483 e. The Bertz CT molecular complexity index is 972. The van der Waals surface area contributed by atoms with Gasteiger partial charge in [-0.1, -0.05) is 25.9 Å². The average molecular weight is 560 g/mol. The number of likely N-dealkylation sites (tertiary alicyclic amines) is 1. The topological polar surface area (TPSA) is 129 Å². The Morgan fingerprint density at radius 1 is 1.18 bits per heavy atom. The number of nitrogens with one attached hydrogen (secondary N) is 1. The highest BCUT2D eigenvalue weighted by atomic mass is 19.4. The number of carbonyl (C=O) groups excluding carboxylic acids is 2. The molecule has 4 heterocycles. The highest BCUT2D eigenvalue weighted by molar-refractivity contribution is 5.77. The van der Waals surface area contributed by atoms with E-state index in [0.717, 1.165) is 25.7 Å². The van der Waals surface area contributed by atoms with Crippen LogP contribution >= 0.6 is 0 Å². The molecule has 13 heteroatoms. The summed E-state index contributed by atoms with van der Waals surface area (Å²) in [4.78, 5) is 42.1. The SMILES string of the molecule is CC(C)[C@@H]1CC[C@@H](C)CC(=O)N2C[C@H]3C[C@H](CN(Cc4nc(C(F)(F)F)no4)C3)[C@@H]2CCCC(=O)N1.O=CO. The van der Waals surface area contributed by atoms with Gasteiger partial charge in [-0.05, 0) is 55.8 Å². The zero-order valence-corrected chi connectivity index (χ0v) is 22.8. The lowest BCUT2D eigenvalue weighted by Crippen LogP contribution is -2.59. The Kier molecular flexibility index (Phi) is 10.7. The molecule has 0 spiro atoms. The second-order valence-corrected chi connectivity index (χ2v) is 11.5. The molecule has 39 heavy (non-hydrogen) atoms. The van der Waals surface area contributed by atoms with Crippen LogP contribution in [0.4, 0.5) is 13.2 Å². The van der Waals surface area contributed by atoms with Gasteiger partial charge in [0.05, 0.1) is 6.54 Å². The zero-order valence-electron chi connectivity index (χ0n) is 22.8. The Labute approximate surface area is 226 Å². The molecule has 10 nitrogen and oxygen atoms in total. The number of amides is 2.